The lowest BCUT2D eigenvalue weighted by molar-refractivity contribution is -0.947. The Labute approximate surface area is 197 Å². The van der Waals surface area contributed by atoms with Gasteiger partial charge in [-0.1, -0.05) is 76.3 Å². The molecule has 0 aromatic heterocycles. The zero-order valence-corrected chi connectivity index (χ0v) is 21.5. The molecule has 4 heteroatoms. The standard InChI is InChI=1S/C27H44NO2.ClH/c1-8-29-19-18-28(6,7)26(25-14-12-24(13-15-25)20-22(2)3)30-27(21-23(4)5)16-10-9-11-17-27;/h9-16,22-23,26H,8,17-21H2,1-7H3;1H/q+1;/p-1. The van der Waals surface area contributed by atoms with Gasteiger partial charge in [-0.2, -0.15) is 0 Å². The van der Waals surface area contributed by atoms with E-state index < -0.39 is 0 Å². The lowest BCUT2D eigenvalue weighted by atomic mass is 9.86. The maximum Gasteiger partial charge on any atom is 0.220 e. The molecule has 2 rings (SSSR count). The Bertz CT molecular complexity index is 694. The molecule has 1 aliphatic rings. The van der Waals surface area contributed by atoms with Crippen LogP contribution in [-0.2, 0) is 15.9 Å². The van der Waals surface area contributed by atoms with Crippen molar-refractivity contribution in [3.8, 4) is 0 Å². The summed E-state index contributed by atoms with van der Waals surface area (Å²) in [6.45, 7) is 13.5. The topological polar surface area (TPSA) is 18.5 Å². The maximum absolute atomic E-state index is 7.07. The number of nitrogens with zero attached hydrogens (tertiary/aromatic N) is 1. The Morgan fingerprint density at radius 3 is 2.19 bits per heavy atom. The highest BCUT2D eigenvalue weighted by Crippen LogP contribution is 2.38. The largest absolute Gasteiger partial charge is 1.00 e. The minimum absolute atomic E-state index is 0. The maximum atomic E-state index is 7.07. The fourth-order valence-corrected chi connectivity index (χ4v) is 4.31. The van der Waals surface area contributed by atoms with E-state index in [-0.39, 0.29) is 24.2 Å². The van der Waals surface area contributed by atoms with Crippen LogP contribution in [0, 0.1) is 11.8 Å². The lowest BCUT2D eigenvalue weighted by Crippen LogP contribution is -3.00. The normalized spacial score (nSPS) is 19.6. The number of ether oxygens (including phenoxy) is 2. The molecule has 0 aliphatic heterocycles. The van der Waals surface area contributed by atoms with Crippen LogP contribution in [0.3, 0.4) is 0 Å². The number of hydrogen-bond acceptors (Lipinski definition) is 2. The van der Waals surface area contributed by atoms with Crippen molar-refractivity contribution in [1.82, 2.24) is 0 Å². The zero-order chi connectivity index (χ0) is 22.2. The molecule has 176 valence electrons. The molecule has 0 amide bonds. The molecule has 0 fully saturated rings. The van der Waals surface area contributed by atoms with E-state index in [1.807, 2.05) is 0 Å². The van der Waals surface area contributed by atoms with E-state index in [9.17, 15) is 0 Å². The van der Waals surface area contributed by atoms with Crippen LogP contribution < -0.4 is 12.4 Å². The molecule has 0 N–H and O–H groups in total. The van der Waals surface area contributed by atoms with E-state index in [1.165, 1.54) is 11.1 Å². The van der Waals surface area contributed by atoms with Gasteiger partial charge in [0.05, 0.1) is 26.3 Å². The Kier molecular flexibility index (Phi) is 11.5. The van der Waals surface area contributed by atoms with E-state index in [0.29, 0.717) is 11.8 Å². The summed E-state index contributed by atoms with van der Waals surface area (Å²) in [7, 11) is 4.52. The van der Waals surface area contributed by atoms with Crippen molar-refractivity contribution in [3.63, 3.8) is 0 Å². The second-order valence-electron chi connectivity index (χ2n) is 10.2. The van der Waals surface area contributed by atoms with E-state index >= 15 is 0 Å². The number of rotatable bonds is 12. The van der Waals surface area contributed by atoms with Crippen molar-refractivity contribution in [1.29, 1.82) is 0 Å². The smallest absolute Gasteiger partial charge is 0.220 e. The van der Waals surface area contributed by atoms with Crippen LogP contribution >= 0.6 is 0 Å². The van der Waals surface area contributed by atoms with Crippen LogP contribution in [0.2, 0.25) is 0 Å². The average molecular weight is 450 g/mol. The van der Waals surface area contributed by atoms with Gasteiger partial charge in [-0.15, -0.1) is 0 Å². The van der Waals surface area contributed by atoms with Gasteiger partial charge >= 0.3 is 0 Å². The average Bonchev–Trinajstić information content (AvgIpc) is 2.67. The number of benzene rings is 1. The second-order valence-corrected chi connectivity index (χ2v) is 10.2. The first-order valence-electron chi connectivity index (χ1n) is 11.7. The molecule has 0 saturated heterocycles. The predicted molar refractivity (Wildman–Crippen MR) is 127 cm³/mol. The summed E-state index contributed by atoms with van der Waals surface area (Å²) in [6.07, 6.45) is 11.8. The molecule has 1 aliphatic carbocycles. The number of allylic oxidation sites excluding steroid dienone is 2. The van der Waals surface area contributed by atoms with Gasteiger partial charge in [0.2, 0.25) is 6.23 Å². The summed E-state index contributed by atoms with van der Waals surface area (Å²) in [4.78, 5) is 0. The molecule has 0 saturated carbocycles. The minimum Gasteiger partial charge on any atom is -1.00 e. The molecule has 0 radical (unpaired) electrons. The van der Waals surface area contributed by atoms with Gasteiger partial charge in [0.1, 0.15) is 6.54 Å². The number of halogens is 1. The van der Waals surface area contributed by atoms with Crippen LogP contribution in [-0.4, -0.2) is 43.9 Å². The van der Waals surface area contributed by atoms with Gasteiger partial charge in [-0.3, -0.25) is 4.48 Å². The Hall–Kier alpha value is -1.13. The summed E-state index contributed by atoms with van der Waals surface area (Å²) in [5, 5.41) is 0. The van der Waals surface area contributed by atoms with E-state index in [4.69, 9.17) is 9.47 Å². The monoisotopic (exact) mass is 449 g/mol. The Balaban J connectivity index is 0.00000480. The molecule has 2 unspecified atom stereocenters. The van der Waals surface area contributed by atoms with Gasteiger partial charge < -0.3 is 21.9 Å². The second kappa shape index (κ2) is 12.8. The molecule has 0 heterocycles. The molecule has 3 nitrogen and oxygen atoms in total. The highest BCUT2D eigenvalue weighted by atomic mass is 35.5. The summed E-state index contributed by atoms with van der Waals surface area (Å²) in [5.41, 5.74) is 2.38. The molecule has 1 aromatic rings. The highest BCUT2D eigenvalue weighted by molar-refractivity contribution is 5.25. The zero-order valence-electron chi connectivity index (χ0n) is 20.7. The van der Waals surface area contributed by atoms with Crippen molar-refractivity contribution in [2.75, 3.05) is 33.9 Å². The highest BCUT2D eigenvalue weighted by Gasteiger charge is 2.39. The number of hydrogen-bond donors (Lipinski definition) is 0. The first kappa shape index (κ1) is 27.9. The van der Waals surface area contributed by atoms with E-state index in [0.717, 1.165) is 43.5 Å². The lowest BCUT2D eigenvalue weighted by Gasteiger charge is -2.44. The summed E-state index contributed by atoms with van der Waals surface area (Å²) in [6, 6.07) is 9.10. The third-order valence-electron chi connectivity index (χ3n) is 5.77. The van der Waals surface area contributed by atoms with Crippen LogP contribution in [0.15, 0.2) is 48.6 Å². The fraction of sp³-hybridized carbons (Fsp3) is 0.630. The molecule has 2 atom stereocenters. The molecule has 0 spiro atoms. The first-order valence-corrected chi connectivity index (χ1v) is 11.7. The Morgan fingerprint density at radius 1 is 1.00 bits per heavy atom. The third-order valence-corrected chi connectivity index (χ3v) is 5.77. The van der Waals surface area contributed by atoms with Crippen LogP contribution in [0.5, 0.6) is 0 Å². The molecular formula is C27H44ClNO2. The SMILES string of the molecule is CCOCC[N+](C)(C)C(OC1(CC(C)C)C=CC=CC1)c1ccc(CC(C)C)cc1.[Cl-]. The summed E-state index contributed by atoms with van der Waals surface area (Å²) in [5.74, 6) is 1.23. The van der Waals surface area contributed by atoms with Gasteiger partial charge in [0.25, 0.3) is 0 Å². The van der Waals surface area contributed by atoms with Gasteiger partial charge in [0, 0.05) is 12.2 Å². The van der Waals surface area contributed by atoms with E-state index in [2.05, 4.69) is 97.3 Å². The summed E-state index contributed by atoms with van der Waals surface area (Å²) >= 11 is 0. The minimum atomic E-state index is -0.259. The number of quaternary nitrogens is 1. The first-order chi connectivity index (χ1) is 14.2. The fourth-order valence-electron chi connectivity index (χ4n) is 4.31. The Morgan fingerprint density at radius 2 is 1.68 bits per heavy atom. The molecular weight excluding hydrogens is 406 g/mol. The van der Waals surface area contributed by atoms with Crippen LogP contribution in [0.25, 0.3) is 0 Å². The predicted octanol–water partition coefficient (Wildman–Crippen LogP) is 3.32. The quantitative estimate of drug-likeness (QED) is 0.277. The van der Waals surface area contributed by atoms with Crippen LogP contribution in [0.1, 0.15) is 64.8 Å². The van der Waals surface area contributed by atoms with Crippen molar-refractivity contribution >= 4 is 0 Å². The van der Waals surface area contributed by atoms with Crippen molar-refractivity contribution in [2.45, 2.75) is 65.7 Å². The van der Waals surface area contributed by atoms with Crippen molar-refractivity contribution in [3.05, 3.63) is 59.7 Å². The molecule has 31 heavy (non-hydrogen) atoms. The van der Waals surface area contributed by atoms with Crippen molar-refractivity contribution in [2.24, 2.45) is 11.8 Å². The molecule has 0 bridgehead atoms. The van der Waals surface area contributed by atoms with Gasteiger partial charge in [-0.25, -0.2) is 0 Å². The number of likely N-dealkylation sites (N-methyl/N-ethyl adjacent to an activating group) is 1. The van der Waals surface area contributed by atoms with Crippen LogP contribution in [0.4, 0.5) is 0 Å². The van der Waals surface area contributed by atoms with Gasteiger partial charge in [-0.05, 0) is 43.6 Å². The summed E-state index contributed by atoms with van der Waals surface area (Å²) < 4.78 is 13.5. The van der Waals surface area contributed by atoms with Gasteiger partial charge in [0.15, 0.2) is 0 Å². The third kappa shape index (κ3) is 8.73. The molecule has 1 aromatic carbocycles. The van der Waals surface area contributed by atoms with E-state index in [1.54, 1.807) is 0 Å². The van der Waals surface area contributed by atoms with Crippen molar-refractivity contribution < 1.29 is 26.4 Å².